The van der Waals surface area contributed by atoms with Crippen LogP contribution in [0.3, 0.4) is 0 Å². The largest absolute Gasteiger partial charge is 0.488 e. The van der Waals surface area contributed by atoms with Crippen LogP contribution in [-0.2, 0) is 30.3 Å². The molecular weight excluding hydrogens is 682 g/mol. The molecule has 0 bridgehead atoms. The average Bonchev–Trinajstić information content (AvgIpc) is 2.99. The molecule has 14 nitrogen and oxygen atoms in total. The summed E-state index contributed by atoms with van der Waals surface area (Å²) in [6.07, 6.45) is 6.44. The first-order chi connectivity index (χ1) is 24.5. The van der Waals surface area contributed by atoms with Gasteiger partial charge in [-0.3, -0.25) is 14.9 Å². The Morgan fingerprint density at radius 1 is 0.811 bits per heavy atom. The molecule has 0 heterocycles. The Kier molecular flexibility index (Phi) is 19.7. The van der Waals surface area contributed by atoms with E-state index in [0.29, 0.717) is 18.6 Å². The summed E-state index contributed by atoms with van der Waals surface area (Å²) in [4.78, 5) is 66.8. The molecule has 0 aliphatic rings. The first-order valence-electron chi connectivity index (χ1n) is 18.4. The van der Waals surface area contributed by atoms with Crippen LogP contribution in [0.1, 0.15) is 126 Å². The van der Waals surface area contributed by atoms with Gasteiger partial charge in [0.25, 0.3) is 0 Å². The van der Waals surface area contributed by atoms with E-state index in [-0.39, 0.29) is 43.3 Å². The number of hydrogen-bond donors (Lipinski definition) is 5. The lowest BCUT2D eigenvalue weighted by Gasteiger charge is -2.23. The van der Waals surface area contributed by atoms with Crippen LogP contribution < -0.4 is 26.0 Å². The van der Waals surface area contributed by atoms with Crippen LogP contribution in [0.25, 0.3) is 0 Å². The van der Waals surface area contributed by atoms with Gasteiger partial charge in [-0.25, -0.2) is 14.4 Å². The maximum atomic E-state index is 13.7. The van der Waals surface area contributed by atoms with Crippen molar-refractivity contribution in [3.8, 4) is 5.75 Å². The molecule has 4 amide bonds. The van der Waals surface area contributed by atoms with Crippen molar-refractivity contribution in [1.82, 2.24) is 21.3 Å². The van der Waals surface area contributed by atoms with Gasteiger partial charge in [-0.05, 0) is 99.3 Å². The van der Waals surface area contributed by atoms with Crippen molar-refractivity contribution in [2.45, 2.75) is 156 Å². The fourth-order valence-electron chi connectivity index (χ4n) is 4.76. The first-order valence-corrected chi connectivity index (χ1v) is 18.4. The maximum absolute atomic E-state index is 13.7. The zero-order chi connectivity index (χ0) is 40.2. The standard InChI is InChI=1S/C39H63N5O9/c1-11-12-13-14-15-18-31(45)42-30(26-27-19-22-29(23-20-27)51-37(2,3)4)33(48)41-28(21-24-32(46)47)17-16-25-40-34(43-35(49)52-38(5,6)7)44-36(50)53-39(8,9)10/h19-24,28,30H,11-18,25-26H2,1-10H3,(H,41,48)(H,42,45)(H,46,47)(H2,40,43,44,49,50)/b24-21+/t28-,30-/m0/s1. The highest BCUT2D eigenvalue weighted by molar-refractivity contribution is 5.98. The van der Waals surface area contributed by atoms with E-state index in [0.717, 1.165) is 37.3 Å². The van der Waals surface area contributed by atoms with E-state index < -0.39 is 47.3 Å². The molecule has 1 rings (SSSR count). The Balaban J connectivity index is 3.12. The predicted octanol–water partition coefficient (Wildman–Crippen LogP) is 6.56. The Morgan fingerprint density at radius 2 is 1.43 bits per heavy atom. The molecule has 0 spiro atoms. The number of guanidine groups is 1. The van der Waals surface area contributed by atoms with Crippen LogP contribution in [0.2, 0.25) is 0 Å². The number of hydrogen-bond acceptors (Lipinski definition) is 8. The number of benzene rings is 1. The zero-order valence-corrected chi connectivity index (χ0v) is 33.4. The van der Waals surface area contributed by atoms with Gasteiger partial charge in [0.1, 0.15) is 28.6 Å². The summed E-state index contributed by atoms with van der Waals surface area (Å²) in [6.45, 7) is 18.2. The van der Waals surface area contributed by atoms with Gasteiger partial charge in [0.2, 0.25) is 17.8 Å². The molecule has 0 fully saturated rings. The number of amides is 4. The number of nitrogens with one attached hydrogen (secondary N) is 4. The van der Waals surface area contributed by atoms with E-state index in [4.69, 9.17) is 14.2 Å². The highest BCUT2D eigenvalue weighted by atomic mass is 16.6. The quantitative estimate of drug-likeness (QED) is 0.0475. The Hall–Kier alpha value is -4.62. The predicted molar refractivity (Wildman–Crippen MR) is 205 cm³/mol. The molecule has 1 aromatic carbocycles. The van der Waals surface area contributed by atoms with Gasteiger partial charge in [0.15, 0.2) is 0 Å². The van der Waals surface area contributed by atoms with Gasteiger partial charge < -0.3 is 35.3 Å². The second-order valence-electron chi connectivity index (χ2n) is 15.8. The fourth-order valence-corrected chi connectivity index (χ4v) is 4.76. The van der Waals surface area contributed by atoms with Crippen LogP contribution >= 0.6 is 0 Å². The second-order valence-corrected chi connectivity index (χ2v) is 15.8. The Bertz CT molecular complexity index is 1390. The van der Waals surface area contributed by atoms with Crippen molar-refractivity contribution in [2.24, 2.45) is 4.99 Å². The first kappa shape index (κ1) is 46.4. The van der Waals surface area contributed by atoms with Crippen molar-refractivity contribution in [3.63, 3.8) is 0 Å². The minimum absolute atomic E-state index is 0.159. The average molecular weight is 746 g/mol. The van der Waals surface area contributed by atoms with Crippen LogP contribution in [0, 0.1) is 0 Å². The number of nitrogens with zero attached hydrogens (tertiary/aromatic N) is 1. The normalized spacial score (nSPS) is 13.4. The van der Waals surface area contributed by atoms with Crippen molar-refractivity contribution in [3.05, 3.63) is 42.0 Å². The van der Waals surface area contributed by atoms with Gasteiger partial charge in [-0.2, -0.15) is 0 Å². The highest BCUT2D eigenvalue weighted by Crippen LogP contribution is 2.19. The summed E-state index contributed by atoms with van der Waals surface area (Å²) in [6, 6.07) is 5.64. The molecule has 1 aromatic rings. The van der Waals surface area contributed by atoms with Crippen molar-refractivity contribution in [1.29, 1.82) is 0 Å². The summed E-state index contributed by atoms with van der Waals surface area (Å²) in [5.74, 6) is -1.45. The summed E-state index contributed by atoms with van der Waals surface area (Å²) in [7, 11) is 0. The molecule has 0 unspecified atom stereocenters. The fraction of sp³-hybridized carbons (Fsp3) is 0.641. The zero-order valence-electron chi connectivity index (χ0n) is 33.4. The number of carboxylic acids is 1. The van der Waals surface area contributed by atoms with Gasteiger partial charge in [-0.1, -0.05) is 50.8 Å². The third-order valence-electron chi connectivity index (χ3n) is 6.95. The van der Waals surface area contributed by atoms with E-state index in [1.165, 1.54) is 6.08 Å². The lowest BCUT2D eigenvalue weighted by atomic mass is 10.0. The number of alkyl carbamates (subject to hydrolysis) is 1. The molecule has 0 radical (unpaired) electrons. The van der Waals surface area contributed by atoms with Crippen LogP contribution in [0.15, 0.2) is 41.4 Å². The summed E-state index contributed by atoms with van der Waals surface area (Å²) >= 11 is 0. The summed E-state index contributed by atoms with van der Waals surface area (Å²) < 4.78 is 16.4. The molecule has 5 N–H and O–H groups in total. The smallest absolute Gasteiger partial charge is 0.437 e. The SMILES string of the molecule is CCCCCCCC(=O)N[C@@H](Cc1ccc(OC(C)(C)C)cc1)C(=O)N[C@H](/C=C/C(=O)O)CCCN/C(=N/C(=O)OC(C)(C)C)NC(=O)OC(C)(C)C. The molecule has 0 aromatic heterocycles. The third-order valence-corrected chi connectivity index (χ3v) is 6.95. The molecule has 53 heavy (non-hydrogen) atoms. The molecule has 0 saturated carbocycles. The van der Waals surface area contributed by atoms with Crippen LogP contribution in [0.5, 0.6) is 5.75 Å². The monoisotopic (exact) mass is 745 g/mol. The number of carbonyl (C=O) groups excluding carboxylic acids is 4. The van der Waals surface area contributed by atoms with E-state index in [2.05, 4.69) is 33.2 Å². The molecule has 2 atom stereocenters. The molecular formula is C39H63N5O9. The molecule has 0 aliphatic carbocycles. The number of carboxylic acid groups (broad SMARTS) is 1. The second kappa shape index (κ2) is 22.4. The summed E-state index contributed by atoms with van der Waals surface area (Å²) in [5.41, 5.74) is -1.22. The maximum Gasteiger partial charge on any atom is 0.437 e. The number of carbonyl (C=O) groups is 5. The number of rotatable bonds is 18. The Morgan fingerprint density at radius 3 is 2.00 bits per heavy atom. The van der Waals surface area contributed by atoms with Crippen molar-refractivity contribution in [2.75, 3.05) is 6.54 Å². The van der Waals surface area contributed by atoms with Crippen LogP contribution in [-0.4, -0.2) is 76.5 Å². The topological polar surface area (TPSA) is 194 Å². The minimum atomic E-state index is -1.19. The number of aliphatic imine (C=N–C) groups is 1. The molecule has 298 valence electrons. The lowest BCUT2D eigenvalue weighted by Crippen LogP contribution is -2.50. The number of aliphatic carboxylic acids is 1. The van der Waals surface area contributed by atoms with Gasteiger partial charge in [0.05, 0.1) is 0 Å². The number of ether oxygens (including phenoxy) is 3. The number of unbranched alkanes of at least 4 members (excludes halogenated alkanes) is 4. The van der Waals surface area contributed by atoms with Gasteiger partial charge >= 0.3 is 18.2 Å². The van der Waals surface area contributed by atoms with Crippen molar-refractivity contribution < 1.29 is 43.3 Å². The van der Waals surface area contributed by atoms with E-state index in [1.54, 1.807) is 41.5 Å². The van der Waals surface area contributed by atoms with Crippen LogP contribution in [0.4, 0.5) is 9.59 Å². The third kappa shape index (κ3) is 24.3. The van der Waals surface area contributed by atoms with Crippen molar-refractivity contribution >= 4 is 35.9 Å². The van der Waals surface area contributed by atoms with Gasteiger partial charge in [-0.15, -0.1) is 4.99 Å². The summed E-state index contributed by atoms with van der Waals surface area (Å²) in [5, 5.41) is 20.4. The Labute approximate surface area is 315 Å². The molecule has 0 aliphatic heterocycles. The highest BCUT2D eigenvalue weighted by Gasteiger charge is 2.24. The lowest BCUT2D eigenvalue weighted by molar-refractivity contribution is -0.131. The van der Waals surface area contributed by atoms with Gasteiger partial charge in [0, 0.05) is 31.5 Å². The molecule has 0 saturated heterocycles. The molecule has 14 heteroatoms. The van der Waals surface area contributed by atoms with E-state index in [9.17, 15) is 29.1 Å². The van der Waals surface area contributed by atoms with E-state index in [1.807, 2.05) is 45.0 Å². The van der Waals surface area contributed by atoms with E-state index >= 15 is 0 Å². The minimum Gasteiger partial charge on any atom is -0.488 e.